The van der Waals surface area contributed by atoms with Crippen molar-refractivity contribution in [2.45, 2.75) is 46.8 Å². The van der Waals surface area contributed by atoms with E-state index in [-0.39, 0.29) is 11.8 Å². The van der Waals surface area contributed by atoms with Crippen molar-refractivity contribution in [2.75, 3.05) is 0 Å². The summed E-state index contributed by atoms with van der Waals surface area (Å²) >= 11 is 0. The van der Waals surface area contributed by atoms with Crippen LogP contribution in [0.3, 0.4) is 0 Å². The molecule has 0 amide bonds. The van der Waals surface area contributed by atoms with Crippen LogP contribution >= 0.6 is 0 Å². The van der Waals surface area contributed by atoms with Gasteiger partial charge in [0.05, 0.1) is 0 Å². The number of hydrogen-bond acceptors (Lipinski definition) is 4. The van der Waals surface area contributed by atoms with Gasteiger partial charge in [0.25, 0.3) is 5.79 Å². The van der Waals surface area contributed by atoms with Crippen molar-refractivity contribution in [3.8, 4) is 0 Å². The summed E-state index contributed by atoms with van der Waals surface area (Å²) in [6, 6.07) is 0. The maximum absolute atomic E-state index is 11.8. The van der Waals surface area contributed by atoms with Gasteiger partial charge in [0, 0.05) is 13.8 Å². The van der Waals surface area contributed by atoms with E-state index in [0.717, 1.165) is 6.42 Å². The molecule has 16 heavy (non-hydrogen) atoms. The molecule has 1 rings (SSSR count). The summed E-state index contributed by atoms with van der Waals surface area (Å²) < 4.78 is 10.2. The molecule has 1 atom stereocenters. The van der Waals surface area contributed by atoms with Crippen LogP contribution in [0.1, 0.15) is 41.0 Å². The zero-order valence-electron chi connectivity index (χ0n) is 10.6. The lowest BCUT2D eigenvalue weighted by atomic mass is 9.81. The first-order valence-electron chi connectivity index (χ1n) is 5.74. The van der Waals surface area contributed by atoms with E-state index in [1.54, 1.807) is 13.8 Å². The van der Waals surface area contributed by atoms with Crippen LogP contribution in [0.15, 0.2) is 0 Å². The fraction of sp³-hybridized carbons (Fsp3) is 0.833. The average Bonchev–Trinajstić information content (AvgIpc) is 2.08. The molecule has 1 aliphatic heterocycles. The van der Waals surface area contributed by atoms with Gasteiger partial charge < -0.3 is 9.47 Å². The molecule has 0 unspecified atom stereocenters. The standard InChI is InChI=1S/C12H20O4/c1-6-8(7(2)3)9-10(13)15-12(4,5)16-11(9)14/h7-9H,6H2,1-5H3/t8-/m1/s1. The Balaban J connectivity index is 2.89. The Morgan fingerprint density at radius 3 is 1.94 bits per heavy atom. The summed E-state index contributed by atoms with van der Waals surface area (Å²) in [7, 11) is 0. The van der Waals surface area contributed by atoms with Gasteiger partial charge in [-0.3, -0.25) is 9.59 Å². The SMILES string of the molecule is CC[C@H](C(C)C)C1C(=O)OC(C)(C)OC1=O. The van der Waals surface area contributed by atoms with E-state index in [1.807, 2.05) is 20.8 Å². The Labute approximate surface area is 96.3 Å². The van der Waals surface area contributed by atoms with E-state index in [0.29, 0.717) is 0 Å². The monoisotopic (exact) mass is 228 g/mol. The van der Waals surface area contributed by atoms with Gasteiger partial charge in [-0.05, 0) is 11.8 Å². The van der Waals surface area contributed by atoms with Crippen molar-refractivity contribution in [1.29, 1.82) is 0 Å². The van der Waals surface area contributed by atoms with Crippen LogP contribution < -0.4 is 0 Å². The first-order valence-corrected chi connectivity index (χ1v) is 5.74. The Morgan fingerprint density at radius 1 is 1.19 bits per heavy atom. The van der Waals surface area contributed by atoms with Crippen LogP contribution in [0.25, 0.3) is 0 Å². The van der Waals surface area contributed by atoms with Crippen molar-refractivity contribution >= 4 is 11.9 Å². The Kier molecular flexibility index (Phi) is 3.61. The lowest BCUT2D eigenvalue weighted by Crippen LogP contribution is -2.49. The Morgan fingerprint density at radius 2 is 1.62 bits per heavy atom. The average molecular weight is 228 g/mol. The summed E-state index contributed by atoms with van der Waals surface area (Å²) in [5.74, 6) is -2.58. The van der Waals surface area contributed by atoms with Gasteiger partial charge in [-0.2, -0.15) is 0 Å². The van der Waals surface area contributed by atoms with Crippen molar-refractivity contribution in [2.24, 2.45) is 17.8 Å². The van der Waals surface area contributed by atoms with Crippen LogP contribution in [0.4, 0.5) is 0 Å². The van der Waals surface area contributed by atoms with Gasteiger partial charge in [0.1, 0.15) is 0 Å². The highest BCUT2D eigenvalue weighted by molar-refractivity contribution is 5.97. The van der Waals surface area contributed by atoms with Gasteiger partial charge in [-0.15, -0.1) is 0 Å². The van der Waals surface area contributed by atoms with E-state index in [9.17, 15) is 9.59 Å². The Hall–Kier alpha value is -1.06. The predicted molar refractivity (Wildman–Crippen MR) is 58.4 cm³/mol. The second-order valence-corrected chi connectivity index (χ2v) is 5.04. The van der Waals surface area contributed by atoms with Gasteiger partial charge in [-0.1, -0.05) is 27.2 Å². The molecule has 1 aliphatic rings. The highest BCUT2D eigenvalue weighted by atomic mass is 16.7. The summed E-state index contributed by atoms with van der Waals surface area (Å²) in [4.78, 5) is 23.6. The third-order valence-corrected chi connectivity index (χ3v) is 2.96. The number of ether oxygens (including phenoxy) is 2. The van der Waals surface area contributed by atoms with Crippen LogP contribution in [0.2, 0.25) is 0 Å². The number of esters is 2. The summed E-state index contributed by atoms with van der Waals surface area (Å²) in [5.41, 5.74) is 0. The quantitative estimate of drug-likeness (QED) is 0.548. The molecule has 0 aromatic carbocycles. The molecule has 0 saturated carbocycles. The van der Waals surface area contributed by atoms with Crippen molar-refractivity contribution in [1.82, 2.24) is 0 Å². The molecular weight excluding hydrogens is 208 g/mol. The molecule has 1 saturated heterocycles. The number of rotatable bonds is 3. The molecule has 92 valence electrons. The van der Waals surface area contributed by atoms with Gasteiger partial charge in [-0.25, -0.2) is 0 Å². The molecule has 0 aromatic heterocycles. The highest BCUT2D eigenvalue weighted by Crippen LogP contribution is 2.32. The van der Waals surface area contributed by atoms with E-state index in [4.69, 9.17) is 9.47 Å². The van der Waals surface area contributed by atoms with E-state index in [2.05, 4.69) is 0 Å². The fourth-order valence-electron chi connectivity index (χ4n) is 2.17. The smallest absolute Gasteiger partial charge is 0.323 e. The van der Waals surface area contributed by atoms with Gasteiger partial charge in [0.15, 0.2) is 5.92 Å². The molecular formula is C12H20O4. The largest absolute Gasteiger partial charge is 0.422 e. The summed E-state index contributed by atoms with van der Waals surface area (Å²) in [6.07, 6.45) is 0.757. The minimum absolute atomic E-state index is 0.0175. The fourth-order valence-corrected chi connectivity index (χ4v) is 2.17. The van der Waals surface area contributed by atoms with Crippen molar-refractivity contribution in [3.05, 3.63) is 0 Å². The first-order chi connectivity index (χ1) is 7.28. The predicted octanol–water partition coefficient (Wildman–Crippen LogP) is 2.12. The van der Waals surface area contributed by atoms with Gasteiger partial charge >= 0.3 is 11.9 Å². The first kappa shape index (κ1) is 13.0. The molecule has 0 N–H and O–H groups in total. The van der Waals surface area contributed by atoms with Crippen LogP contribution in [0.5, 0.6) is 0 Å². The van der Waals surface area contributed by atoms with Gasteiger partial charge in [0.2, 0.25) is 0 Å². The Bertz CT molecular complexity index is 273. The molecule has 0 aliphatic carbocycles. The van der Waals surface area contributed by atoms with Crippen molar-refractivity contribution in [3.63, 3.8) is 0 Å². The minimum atomic E-state index is -1.13. The van der Waals surface area contributed by atoms with Crippen LogP contribution in [0, 0.1) is 17.8 Å². The lowest BCUT2D eigenvalue weighted by Gasteiger charge is -2.36. The summed E-state index contributed by atoms with van der Waals surface area (Å²) in [5, 5.41) is 0. The molecule has 1 fully saturated rings. The molecule has 0 spiro atoms. The van der Waals surface area contributed by atoms with Crippen molar-refractivity contribution < 1.29 is 19.1 Å². The second-order valence-electron chi connectivity index (χ2n) is 5.04. The zero-order valence-corrected chi connectivity index (χ0v) is 10.6. The molecule has 4 heteroatoms. The number of carbonyl (C=O) groups is 2. The zero-order chi connectivity index (χ0) is 12.5. The normalized spacial score (nSPS) is 22.9. The minimum Gasteiger partial charge on any atom is -0.422 e. The number of carbonyl (C=O) groups excluding carboxylic acids is 2. The van der Waals surface area contributed by atoms with E-state index < -0.39 is 23.6 Å². The van der Waals surface area contributed by atoms with E-state index in [1.165, 1.54) is 0 Å². The molecule has 0 radical (unpaired) electrons. The number of hydrogen-bond donors (Lipinski definition) is 0. The molecule has 1 heterocycles. The second kappa shape index (κ2) is 4.44. The molecule has 0 bridgehead atoms. The van der Waals surface area contributed by atoms with Crippen LogP contribution in [-0.2, 0) is 19.1 Å². The molecule has 0 aromatic rings. The third-order valence-electron chi connectivity index (χ3n) is 2.96. The van der Waals surface area contributed by atoms with Crippen LogP contribution in [-0.4, -0.2) is 17.7 Å². The topological polar surface area (TPSA) is 52.6 Å². The lowest BCUT2D eigenvalue weighted by molar-refractivity contribution is -0.243. The third kappa shape index (κ3) is 2.54. The number of cyclic esters (lactones) is 2. The van der Waals surface area contributed by atoms with E-state index >= 15 is 0 Å². The maximum Gasteiger partial charge on any atom is 0.323 e. The summed E-state index contributed by atoms with van der Waals surface area (Å²) in [6.45, 7) is 9.08. The maximum atomic E-state index is 11.8. The highest BCUT2D eigenvalue weighted by Gasteiger charge is 2.47. The molecule has 4 nitrogen and oxygen atoms in total.